The summed E-state index contributed by atoms with van der Waals surface area (Å²) in [6.45, 7) is 17.4. The zero-order valence-corrected chi connectivity index (χ0v) is 39.4. The molecule has 0 radical (unpaired) electrons. The van der Waals surface area contributed by atoms with Gasteiger partial charge < -0.3 is 24.2 Å². The Kier molecular flexibility index (Phi) is 16.3. The second kappa shape index (κ2) is 21.1. The highest BCUT2D eigenvalue weighted by molar-refractivity contribution is 5.94. The van der Waals surface area contributed by atoms with Gasteiger partial charge >= 0.3 is 11.9 Å². The first kappa shape index (κ1) is 49.6. The topological polar surface area (TPSA) is 131 Å². The van der Waals surface area contributed by atoms with Crippen LogP contribution in [0.1, 0.15) is 103 Å². The monoisotopic (exact) mass is 881 g/mol. The van der Waals surface area contributed by atoms with Gasteiger partial charge in [-0.1, -0.05) is 104 Å². The summed E-state index contributed by atoms with van der Waals surface area (Å²) in [6.07, 6.45) is 1.64. The number of anilines is 1. The van der Waals surface area contributed by atoms with Gasteiger partial charge in [0.2, 0.25) is 11.8 Å². The number of ketones is 2. The molecular formula is C52H68FN3O8. The third-order valence-electron chi connectivity index (χ3n) is 13.3. The molecule has 0 aromatic heterocycles. The highest BCUT2D eigenvalue weighted by Crippen LogP contribution is 2.37. The molecule has 0 N–H and O–H groups in total. The van der Waals surface area contributed by atoms with Crippen LogP contribution in [0.4, 0.5) is 10.1 Å². The Morgan fingerprint density at radius 2 is 0.938 bits per heavy atom. The second-order valence-electron chi connectivity index (χ2n) is 20.1. The summed E-state index contributed by atoms with van der Waals surface area (Å²) >= 11 is 0. The number of amides is 2. The fourth-order valence-corrected chi connectivity index (χ4v) is 9.27. The van der Waals surface area contributed by atoms with E-state index in [-0.39, 0.29) is 66.7 Å². The van der Waals surface area contributed by atoms with Crippen LogP contribution in [0.3, 0.4) is 0 Å². The smallest absolute Gasteiger partial charge is 0.306 e. The Labute approximate surface area is 379 Å². The maximum absolute atomic E-state index is 14.1. The molecule has 0 aliphatic carbocycles. The molecular weight excluding hydrogens is 814 g/mol. The zero-order valence-electron chi connectivity index (χ0n) is 39.4. The molecule has 0 bridgehead atoms. The molecule has 346 valence electrons. The molecule has 11 nitrogen and oxygen atoms in total. The number of nitrogens with zero attached hydrogens (tertiary/aromatic N) is 3. The van der Waals surface area contributed by atoms with Gasteiger partial charge in [-0.05, 0) is 82.0 Å². The van der Waals surface area contributed by atoms with Crippen molar-refractivity contribution in [2.75, 3.05) is 32.2 Å². The predicted molar refractivity (Wildman–Crippen MR) is 244 cm³/mol. The average molecular weight is 882 g/mol. The predicted octanol–water partition coefficient (Wildman–Crippen LogP) is 8.18. The lowest BCUT2D eigenvalue weighted by atomic mass is 9.77. The fraction of sp³-hybridized carbons (Fsp3) is 0.538. The highest BCUT2D eigenvalue weighted by Gasteiger charge is 2.46. The number of likely N-dealkylation sites (tertiary alicyclic amines) is 2. The van der Waals surface area contributed by atoms with Gasteiger partial charge in [0.25, 0.3) is 0 Å². The molecule has 6 atom stereocenters. The number of esters is 2. The number of methoxy groups -OCH3 is 2. The molecule has 12 heteroatoms. The molecule has 2 heterocycles. The van der Waals surface area contributed by atoms with Crippen molar-refractivity contribution >= 4 is 41.0 Å². The van der Waals surface area contributed by atoms with Crippen LogP contribution >= 0.6 is 0 Å². The summed E-state index contributed by atoms with van der Waals surface area (Å²) < 4.78 is 23.9. The first-order chi connectivity index (χ1) is 30.1. The van der Waals surface area contributed by atoms with Gasteiger partial charge in [-0.15, -0.1) is 0 Å². The Hall–Kier alpha value is -5.39. The van der Waals surface area contributed by atoms with E-state index in [1.54, 1.807) is 21.9 Å². The molecule has 2 saturated heterocycles. The summed E-state index contributed by atoms with van der Waals surface area (Å²) in [5.74, 6) is -2.97. The van der Waals surface area contributed by atoms with Crippen molar-refractivity contribution in [2.45, 2.75) is 119 Å². The van der Waals surface area contributed by atoms with Gasteiger partial charge in [-0.25, -0.2) is 4.39 Å². The second-order valence-corrected chi connectivity index (χ2v) is 20.1. The standard InChI is InChI=1S/C52H68FN3O8/c1-33-23-25-55(49(61)41(51(3,4)5)29-45(59)63-9)47(33)43(57)27-35-11-15-37(16-12-35)31-54(40-21-19-39(53)20-22-40)32-38-17-13-36(14-18-38)28-44(58)48-34(2)24-26-56(48)50(62)42(52(6,7)8)30-46(60)64-10/h11-22,33-34,41-42,47-48H,23-32H2,1-10H3/t33-,34-,41+,42+,47-,48-/m0/s1. The molecule has 3 aromatic carbocycles. The van der Waals surface area contributed by atoms with Crippen LogP contribution in [-0.4, -0.2) is 84.5 Å². The minimum Gasteiger partial charge on any atom is -0.469 e. The van der Waals surface area contributed by atoms with Crippen molar-refractivity contribution in [1.29, 1.82) is 0 Å². The lowest BCUT2D eigenvalue weighted by Gasteiger charge is -2.35. The quantitative estimate of drug-likeness (QED) is 0.123. The Morgan fingerprint density at radius 1 is 0.594 bits per heavy atom. The van der Waals surface area contributed by atoms with Gasteiger partial charge in [0.15, 0.2) is 11.6 Å². The van der Waals surface area contributed by atoms with Crippen molar-refractivity contribution in [2.24, 2.45) is 34.5 Å². The van der Waals surface area contributed by atoms with Crippen LogP contribution in [0.2, 0.25) is 0 Å². The van der Waals surface area contributed by atoms with E-state index in [1.807, 2.05) is 104 Å². The van der Waals surface area contributed by atoms with Crippen molar-refractivity contribution in [3.8, 4) is 0 Å². The van der Waals surface area contributed by atoms with Gasteiger partial charge in [0.05, 0.1) is 51.0 Å². The highest BCUT2D eigenvalue weighted by atomic mass is 19.1. The van der Waals surface area contributed by atoms with Crippen LogP contribution in [-0.2, 0) is 64.2 Å². The normalized spacial score (nSPS) is 19.8. The Morgan fingerprint density at radius 3 is 1.27 bits per heavy atom. The molecule has 0 spiro atoms. The molecule has 2 fully saturated rings. The number of benzene rings is 3. The molecule has 2 aliphatic heterocycles. The van der Waals surface area contributed by atoms with E-state index in [9.17, 15) is 33.2 Å². The van der Waals surface area contributed by atoms with Crippen molar-refractivity contribution in [1.82, 2.24) is 9.80 Å². The molecule has 3 aromatic rings. The Bertz CT molecular complexity index is 1990. The summed E-state index contributed by atoms with van der Waals surface area (Å²) in [6, 6.07) is 20.9. The maximum Gasteiger partial charge on any atom is 0.306 e. The average Bonchev–Trinajstić information content (AvgIpc) is 3.83. The SMILES string of the molecule is COC(=O)C[C@H](C(=O)N1CC[C@H](C)[C@H]1C(=O)Cc1ccc(CN(Cc2ccc(CC(=O)[C@@H]3[C@@H](C)CCN3C(=O)[C@@H](CC(=O)OC)C(C)(C)C)cc2)c2ccc(F)cc2)cc1)C(C)(C)C. The van der Waals surface area contributed by atoms with Crippen LogP contribution in [0.25, 0.3) is 0 Å². The first-order valence-electron chi connectivity index (χ1n) is 22.6. The number of ether oxygens (including phenoxy) is 2. The fourth-order valence-electron chi connectivity index (χ4n) is 9.27. The summed E-state index contributed by atoms with van der Waals surface area (Å²) in [4.78, 5) is 85.6. The molecule has 0 saturated carbocycles. The third-order valence-corrected chi connectivity index (χ3v) is 13.3. The maximum atomic E-state index is 14.1. The molecule has 64 heavy (non-hydrogen) atoms. The van der Waals surface area contributed by atoms with Gasteiger partial charge in [-0.3, -0.25) is 28.8 Å². The zero-order chi connectivity index (χ0) is 47.1. The number of Topliss-reactive ketones (excluding diaryl/α,β-unsaturated/α-hetero) is 2. The van der Waals surface area contributed by atoms with E-state index in [0.717, 1.165) is 27.9 Å². The first-order valence-corrected chi connectivity index (χ1v) is 22.6. The number of hydrogen-bond donors (Lipinski definition) is 0. The van der Waals surface area contributed by atoms with Gasteiger partial charge in [0.1, 0.15) is 5.82 Å². The Balaban J connectivity index is 1.26. The summed E-state index contributed by atoms with van der Waals surface area (Å²) in [5.41, 5.74) is 3.44. The van der Waals surface area contributed by atoms with Crippen molar-refractivity contribution in [3.63, 3.8) is 0 Å². The van der Waals surface area contributed by atoms with Crippen LogP contribution < -0.4 is 4.90 Å². The molecule has 5 rings (SSSR count). The van der Waals surface area contributed by atoms with Crippen molar-refractivity contribution in [3.05, 3.63) is 101 Å². The van der Waals surface area contributed by atoms with Gasteiger partial charge in [-0.2, -0.15) is 0 Å². The van der Waals surface area contributed by atoms with Crippen LogP contribution in [0, 0.1) is 40.3 Å². The van der Waals surface area contributed by atoms with Crippen molar-refractivity contribution < 1.29 is 42.6 Å². The summed E-state index contributed by atoms with van der Waals surface area (Å²) in [5, 5.41) is 0. The minimum absolute atomic E-state index is 0.0165. The number of carbonyl (C=O) groups excluding carboxylic acids is 6. The lowest BCUT2D eigenvalue weighted by Crippen LogP contribution is -2.49. The van der Waals surface area contributed by atoms with E-state index in [1.165, 1.54) is 26.4 Å². The number of hydrogen-bond acceptors (Lipinski definition) is 9. The number of halogens is 1. The van der Waals surface area contributed by atoms with E-state index in [2.05, 4.69) is 4.90 Å². The third kappa shape index (κ3) is 12.4. The van der Waals surface area contributed by atoms with E-state index < -0.39 is 46.7 Å². The molecule has 0 unspecified atom stereocenters. The van der Waals surface area contributed by atoms with Gasteiger partial charge in [0, 0.05) is 44.7 Å². The largest absolute Gasteiger partial charge is 0.469 e. The number of carbonyl (C=O) groups is 6. The summed E-state index contributed by atoms with van der Waals surface area (Å²) in [7, 11) is 2.62. The van der Waals surface area contributed by atoms with E-state index >= 15 is 0 Å². The van der Waals surface area contributed by atoms with E-state index in [0.29, 0.717) is 39.0 Å². The van der Waals surface area contributed by atoms with E-state index in [4.69, 9.17) is 9.47 Å². The minimum atomic E-state index is -0.615. The van der Waals surface area contributed by atoms with Crippen LogP contribution in [0.5, 0.6) is 0 Å². The van der Waals surface area contributed by atoms with Crippen LogP contribution in [0.15, 0.2) is 72.8 Å². The number of rotatable bonds is 17. The molecule has 2 aliphatic rings. The lowest BCUT2D eigenvalue weighted by molar-refractivity contribution is -0.151. The molecule has 2 amide bonds.